The maximum atomic E-state index is 9.96. The highest BCUT2D eigenvalue weighted by Crippen LogP contribution is 2.15. The van der Waals surface area contributed by atoms with Crippen molar-refractivity contribution in [3.63, 3.8) is 0 Å². The van der Waals surface area contributed by atoms with Crippen molar-refractivity contribution >= 4 is 11.6 Å². The van der Waals surface area contributed by atoms with Gasteiger partial charge in [-0.2, -0.15) is 0 Å². The number of hydrogen-bond donors (Lipinski definition) is 2. The van der Waals surface area contributed by atoms with Crippen molar-refractivity contribution in [3.05, 3.63) is 34.9 Å². The Balaban J connectivity index is 1.70. The minimum atomic E-state index is -0.535. The Morgan fingerprint density at radius 2 is 2.11 bits per heavy atom. The molecule has 2 unspecified atom stereocenters. The van der Waals surface area contributed by atoms with E-state index in [-0.39, 0.29) is 6.10 Å². The van der Waals surface area contributed by atoms with Gasteiger partial charge in [0, 0.05) is 18.1 Å². The minimum Gasteiger partial charge on any atom is -0.387 e. The highest BCUT2D eigenvalue weighted by atomic mass is 35.5. The topological polar surface area (TPSA) is 50.7 Å². The monoisotopic (exact) mass is 271 g/mol. The lowest BCUT2D eigenvalue weighted by molar-refractivity contribution is -0.0868. The Hall–Kier alpha value is -0.650. The van der Waals surface area contributed by atoms with Gasteiger partial charge in [-0.05, 0) is 17.7 Å². The van der Waals surface area contributed by atoms with Crippen LogP contribution >= 0.6 is 11.6 Å². The standard InChI is InChI=1S/C13H18ClNO3/c14-11-3-1-10(2-4-11)13(16)8-15-7-12-9-17-5-6-18-12/h1-4,12-13,15-16H,5-9H2. The van der Waals surface area contributed by atoms with Crippen molar-refractivity contribution in [2.75, 3.05) is 32.9 Å². The number of halogens is 1. The van der Waals surface area contributed by atoms with E-state index in [0.717, 1.165) is 5.56 Å². The summed E-state index contributed by atoms with van der Waals surface area (Å²) in [6.07, 6.45) is -0.456. The highest BCUT2D eigenvalue weighted by Gasteiger charge is 2.14. The first-order valence-corrected chi connectivity index (χ1v) is 6.47. The molecule has 1 fully saturated rings. The van der Waals surface area contributed by atoms with Gasteiger partial charge in [-0.15, -0.1) is 0 Å². The molecule has 0 radical (unpaired) electrons. The largest absolute Gasteiger partial charge is 0.387 e. The summed E-state index contributed by atoms with van der Waals surface area (Å²) >= 11 is 5.79. The summed E-state index contributed by atoms with van der Waals surface area (Å²) in [6.45, 7) is 3.10. The second-order valence-electron chi connectivity index (χ2n) is 4.29. The van der Waals surface area contributed by atoms with E-state index < -0.39 is 6.10 Å². The van der Waals surface area contributed by atoms with Gasteiger partial charge in [0.05, 0.1) is 32.0 Å². The Morgan fingerprint density at radius 3 is 2.78 bits per heavy atom. The van der Waals surface area contributed by atoms with E-state index in [0.29, 0.717) is 37.9 Å². The molecule has 0 saturated carbocycles. The number of ether oxygens (including phenoxy) is 2. The van der Waals surface area contributed by atoms with E-state index in [2.05, 4.69) is 5.32 Å². The molecule has 1 saturated heterocycles. The summed E-state index contributed by atoms with van der Waals surface area (Å²) in [4.78, 5) is 0. The molecule has 0 aromatic heterocycles. The van der Waals surface area contributed by atoms with Crippen LogP contribution in [0, 0.1) is 0 Å². The third-order valence-corrected chi connectivity index (χ3v) is 3.10. The van der Waals surface area contributed by atoms with Crippen LogP contribution in [0.3, 0.4) is 0 Å². The Morgan fingerprint density at radius 1 is 1.33 bits per heavy atom. The third-order valence-electron chi connectivity index (χ3n) is 2.85. The smallest absolute Gasteiger partial charge is 0.0933 e. The van der Waals surface area contributed by atoms with Gasteiger partial charge in [0.15, 0.2) is 0 Å². The predicted octanol–water partition coefficient (Wildman–Crippen LogP) is 1.38. The molecule has 1 aliphatic heterocycles. The Labute approximate surface area is 112 Å². The fraction of sp³-hybridized carbons (Fsp3) is 0.538. The summed E-state index contributed by atoms with van der Waals surface area (Å²) in [6, 6.07) is 7.21. The maximum Gasteiger partial charge on any atom is 0.0933 e. The van der Waals surface area contributed by atoms with E-state index in [4.69, 9.17) is 21.1 Å². The van der Waals surface area contributed by atoms with Crippen LogP contribution in [0.1, 0.15) is 11.7 Å². The van der Waals surface area contributed by atoms with Crippen LogP contribution in [0.15, 0.2) is 24.3 Å². The molecule has 0 aliphatic carbocycles. The molecule has 18 heavy (non-hydrogen) atoms. The van der Waals surface area contributed by atoms with Gasteiger partial charge in [-0.25, -0.2) is 0 Å². The second kappa shape index (κ2) is 7.07. The summed E-state index contributed by atoms with van der Waals surface area (Å²) in [5.41, 5.74) is 0.854. The van der Waals surface area contributed by atoms with Crippen LogP contribution in [0.2, 0.25) is 5.02 Å². The van der Waals surface area contributed by atoms with Crippen molar-refractivity contribution in [1.29, 1.82) is 0 Å². The zero-order chi connectivity index (χ0) is 12.8. The molecule has 0 bridgehead atoms. The number of aliphatic hydroxyl groups excluding tert-OH is 1. The number of aliphatic hydroxyl groups is 1. The van der Waals surface area contributed by atoms with Crippen LogP contribution in [0.5, 0.6) is 0 Å². The van der Waals surface area contributed by atoms with E-state index in [1.165, 1.54) is 0 Å². The van der Waals surface area contributed by atoms with Crippen LogP contribution in [0.25, 0.3) is 0 Å². The maximum absolute atomic E-state index is 9.96. The molecule has 100 valence electrons. The molecule has 1 aromatic carbocycles. The van der Waals surface area contributed by atoms with Crippen LogP contribution in [0.4, 0.5) is 0 Å². The van der Waals surface area contributed by atoms with E-state index in [1.54, 1.807) is 12.1 Å². The van der Waals surface area contributed by atoms with Crippen molar-refractivity contribution < 1.29 is 14.6 Å². The van der Waals surface area contributed by atoms with Gasteiger partial charge in [0.1, 0.15) is 0 Å². The average molecular weight is 272 g/mol. The fourth-order valence-electron chi connectivity index (χ4n) is 1.84. The van der Waals surface area contributed by atoms with E-state index >= 15 is 0 Å². The molecular formula is C13H18ClNO3. The van der Waals surface area contributed by atoms with Gasteiger partial charge < -0.3 is 19.9 Å². The molecular weight excluding hydrogens is 254 g/mol. The summed E-state index contributed by atoms with van der Waals surface area (Å²) in [5, 5.41) is 13.8. The van der Waals surface area contributed by atoms with E-state index in [1.807, 2.05) is 12.1 Å². The van der Waals surface area contributed by atoms with Gasteiger partial charge in [0.2, 0.25) is 0 Å². The summed E-state index contributed by atoms with van der Waals surface area (Å²) in [5.74, 6) is 0. The number of nitrogens with one attached hydrogen (secondary N) is 1. The van der Waals surface area contributed by atoms with Gasteiger partial charge >= 0.3 is 0 Å². The molecule has 1 aliphatic rings. The molecule has 2 atom stereocenters. The Kier molecular flexibility index (Phi) is 5.41. The number of hydrogen-bond acceptors (Lipinski definition) is 4. The molecule has 0 spiro atoms. The van der Waals surface area contributed by atoms with Gasteiger partial charge in [-0.3, -0.25) is 0 Å². The third kappa shape index (κ3) is 4.23. The molecule has 1 heterocycles. The van der Waals surface area contributed by atoms with Gasteiger partial charge in [-0.1, -0.05) is 23.7 Å². The quantitative estimate of drug-likeness (QED) is 0.850. The fourth-order valence-corrected chi connectivity index (χ4v) is 1.96. The normalized spacial score (nSPS) is 21.8. The van der Waals surface area contributed by atoms with Gasteiger partial charge in [0.25, 0.3) is 0 Å². The van der Waals surface area contributed by atoms with Crippen molar-refractivity contribution in [3.8, 4) is 0 Å². The summed E-state index contributed by atoms with van der Waals surface area (Å²) < 4.78 is 10.8. The Bertz CT molecular complexity index is 352. The molecule has 1 aromatic rings. The van der Waals surface area contributed by atoms with Crippen LogP contribution in [-0.4, -0.2) is 44.1 Å². The average Bonchev–Trinajstić information content (AvgIpc) is 2.40. The second-order valence-corrected chi connectivity index (χ2v) is 4.73. The number of benzene rings is 1. The lowest BCUT2D eigenvalue weighted by Crippen LogP contribution is -2.38. The summed E-state index contributed by atoms with van der Waals surface area (Å²) in [7, 11) is 0. The zero-order valence-electron chi connectivity index (χ0n) is 10.1. The first kappa shape index (κ1) is 13.8. The lowest BCUT2D eigenvalue weighted by atomic mass is 10.1. The first-order valence-electron chi connectivity index (χ1n) is 6.09. The SMILES string of the molecule is OC(CNCC1COCCO1)c1ccc(Cl)cc1. The molecule has 5 heteroatoms. The van der Waals surface area contributed by atoms with Crippen molar-refractivity contribution in [2.45, 2.75) is 12.2 Å². The van der Waals surface area contributed by atoms with E-state index in [9.17, 15) is 5.11 Å². The lowest BCUT2D eigenvalue weighted by Gasteiger charge is -2.23. The zero-order valence-corrected chi connectivity index (χ0v) is 10.9. The number of rotatable bonds is 5. The first-order chi connectivity index (χ1) is 8.75. The molecule has 4 nitrogen and oxygen atoms in total. The van der Waals surface area contributed by atoms with Crippen molar-refractivity contribution in [2.24, 2.45) is 0 Å². The highest BCUT2D eigenvalue weighted by molar-refractivity contribution is 6.30. The molecule has 2 rings (SSSR count). The van der Waals surface area contributed by atoms with Crippen LogP contribution in [-0.2, 0) is 9.47 Å². The predicted molar refractivity (Wildman–Crippen MR) is 69.8 cm³/mol. The van der Waals surface area contributed by atoms with Crippen molar-refractivity contribution in [1.82, 2.24) is 5.32 Å². The van der Waals surface area contributed by atoms with Crippen LogP contribution < -0.4 is 5.32 Å². The minimum absolute atomic E-state index is 0.0798. The molecule has 2 N–H and O–H groups in total. The molecule has 0 amide bonds.